The Morgan fingerprint density at radius 3 is 3.00 bits per heavy atom. The molecule has 0 aromatic carbocycles. The Balaban J connectivity index is 3.22. The first kappa shape index (κ1) is 5.40. The first-order chi connectivity index (χ1) is 4.38. The lowest BCUT2D eigenvalue weighted by Gasteiger charge is -1.76. The number of H-pyrrole nitrogens is 1. The van der Waals surface area contributed by atoms with Crippen LogP contribution in [0.25, 0.3) is 0 Å². The largest absolute Gasteiger partial charge is 0.337 e. The second kappa shape index (κ2) is 2.02. The smallest absolute Gasteiger partial charge is 0.174 e. The Kier molecular flexibility index (Phi) is 1.21. The molecule has 0 bridgehead atoms. The van der Waals surface area contributed by atoms with Crippen LogP contribution in [0.1, 0.15) is 11.4 Å². The second-order valence-electron chi connectivity index (χ2n) is 1.38. The highest BCUT2D eigenvalue weighted by atomic mass is 14.9. The molecule has 0 unspecified atom stereocenters. The number of hydrogen-bond acceptors (Lipinski definition) is 2. The lowest BCUT2D eigenvalue weighted by molar-refractivity contribution is 1.29. The molecule has 0 aliphatic carbocycles. The van der Waals surface area contributed by atoms with E-state index < -0.39 is 0 Å². The highest BCUT2D eigenvalue weighted by molar-refractivity contribution is 5.36. The molecule has 0 atom stereocenters. The van der Waals surface area contributed by atoms with Gasteiger partial charge in [0, 0.05) is 0 Å². The Bertz CT molecular complexity index is 255. The summed E-state index contributed by atoms with van der Waals surface area (Å²) in [7, 11) is 0. The van der Waals surface area contributed by atoms with Crippen LogP contribution >= 0.6 is 0 Å². The van der Waals surface area contributed by atoms with Gasteiger partial charge < -0.3 is 4.98 Å². The second-order valence-corrected chi connectivity index (χ2v) is 1.38. The molecule has 1 heterocycles. The predicted octanol–water partition coefficient (Wildman–Crippen LogP) is 0.263. The molecule has 0 fully saturated rings. The fourth-order valence-electron chi connectivity index (χ4n) is 0.489. The molecule has 0 saturated carbocycles. The summed E-state index contributed by atoms with van der Waals surface area (Å²) in [5.74, 6) is 2.29. The molecule has 0 aliphatic heterocycles. The van der Waals surface area contributed by atoms with Gasteiger partial charge in [-0.1, -0.05) is 0 Å². The molecule has 3 heteroatoms. The average Bonchev–Trinajstić information content (AvgIpc) is 2.33. The van der Waals surface area contributed by atoms with Gasteiger partial charge >= 0.3 is 0 Å². The van der Waals surface area contributed by atoms with Crippen molar-refractivity contribution in [3.63, 3.8) is 0 Å². The van der Waals surface area contributed by atoms with Crippen LogP contribution in [0.5, 0.6) is 0 Å². The summed E-state index contributed by atoms with van der Waals surface area (Å²) < 4.78 is 0. The van der Waals surface area contributed by atoms with E-state index in [4.69, 9.17) is 11.7 Å². The summed E-state index contributed by atoms with van der Waals surface area (Å²) in [6, 6.07) is 1.84. The normalized spacial score (nSPS) is 7.78. The van der Waals surface area contributed by atoms with Crippen LogP contribution in [0, 0.1) is 23.7 Å². The minimum Gasteiger partial charge on any atom is -0.337 e. The van der Waals surface area contributed by atoms with E-state index in [1.165, 1.54) is 6.33 Å². The van der Waals surface area contributed by atoms with E-state index in [-0.39, 0.29) is 5.69 Å². The number of aromatic nitrogens is 2. The van der Waals surface area contributed by atoms with Crippen molar-refractivity contribution in [1.29, 1.82) is 5.26 Å². The van der Waals surface area contributed by atoms with Gasteiger partial charge in [-0.15, -0.1) is 6.42 Å². The number of imidazole rings is 1. The zero-order chi connectivity index (χ0) is 6.69. The molecule has 0 saturated heterocycles. The summed E-state index contributed by atoms with van der Waals surface area (Å²) in [4.78, 5) is 6.28. The van der Waals surface area contributed by atoms with Crippen molar-refractivity contribution < 1.29 is 0 Å². The molecular weight excluding hydrogens is 114 g/mol. The van der Waals surface area contributed by atoms with Crippen LogP contribution in [0.2, 0.25) is 0 Å². The summed E-state index contributed by atoms with van der Waals surface area (Å²) >= 11 is 0. The van der Waals surface area contributed by atoms with Crippen LogP contribution in [0.3, 0.4) is 0 Å². The molecular formula is C6H3N3. The average molecular weight is 117 g/mol. The SMILES string of the molecule is C#Cc1[nH]cnc1C#N. The van der Waals surface area contributed by atoms with Crippen LogP contribution in [0.15, 0.2) is 6.33 Å². The lowest BCUT2D eigenvalue weighted by atomic mass is 10.4. The van der Waals surface area contributed by atoms with Crippen molar-refractivity contribution in [3.05, 3.63) is 17.7 Å². The minimum absolute atomic E-state index is 0.275. The molecule has 1 aromatic heterocycles. The lowest BCUT2D eigenvalue weighted by Crippen LogP contribution is -1.77. The first-order valence-electron chi connectivity index (χ1n) is 2.28. The third-order valence-electron chi connectivity index (χ3n) is 0.890. The monoisotopic (exact) mass is 117 g/mol. The van der Waals surface area contributed by atoms with E-state index >= 15 is 0 Å². The molecule has 9 heavy (non-hydrogen) atoms. The van der Waals surface area contributed by atoms with E-state index in [0.29, 0.717) is 5.69 Å². The fourth-order valence-corrected chi connectivity index (χ4v) is 0.489. The number of nitriles is 1. The van der Waals surface area contributed by atoms with Gasteiger partial charge in [-0.05, 0) is 5.92 Å². The maximum atomic E-state index is 8.31. The molecule has 0 aliphatic rings. The summed E-state index contributed by atoms with van der Waals surface area (Å²) in [5.41, 5.74) is 0.718. The number of hydrogen-bond donors (Lipinski definition) is 1. The fraction of sp³-hybridized carbons (Fsp3) is 0. The number of nitrogens with zero attached hydrogens (tertiary/aromatic N) is 2. The van der Waals surface area contributed by atoms with Crippen LogP contribution in [-0.2, 0) is 0 Å². The van der Waals surface area contributed by atoms with Gasteiger partial charge in [0.15, 0.2) is 5.69 Å². The van der Waals surface area contributed by atoms with E-state index in [1.54, 1.807) is 0 Å². The van der Waals surface area contributed by atoms with Crippen molar-refractivity contribution in [2.45, 2.75) is 0 Å². The number of aromatic amines is 1. The van der Waals surface area contributed by atoms with Gasteiger partial charge in [0.1, 0.15) is 11.8 Å². The highest BCUT2D eigenvalue weighted by Gasteiger charge is 1.97. The zero-order valence-electron chi connectivity index (χ0n) is 4.55. The summed E-state index contributed by atoms with van der Waals surface area (Å²) in [6.45, 7) is 0. The Morgan fingerprint density at radius 2 is 2.56 bits per heavy atom. The van der Waals surface area contributed by atoms with Gasteiger partial charge in [0.2, 0.25) is 0 Å². The van der Waals surface area contributed by atoms with Crippen molar-refractivity contribution in [2.24, 2.45) is 0 Å². The summed E-state index contributed by atoms with van der Waals surface area (Å²) in [6.07, 6.45) is 6.39. The topological polar surface area (TPSA) is 52.5 Å². The van der Waals surface area contributed by atoms with Crippen LogP contribution in [0.4, 0.5) is 0 Å². The Labute approximate surface area is 52.3 Å². The van der Waals surface area contributed by atoms with Crippen molar-refractivity contribution in [1.82, 2.24) is 9.97 Å². The van der Waals surface area contributed by atoms with Gasteiger partial charge in [-0.2, -0.15) is 5.26 Å². The van der Waals surface area contributed by atoms with Gasteiger partial charge in [0.05, 0.1) is 6.33 Å². The molecule has 3 nitrogen and oxygen atoms in total. The standard InChI is InChI=1S/C6H3N3/c1-2-5-6(3-7)9-4-8-5/h1,4H,(H,8,9). The van der Waals surface area contributed by atoms with Crippen molar-refractivity contribution >= 4 is 0 Å². The third-order valence-corrected chi connectivity index (χ3v) is 0.890. The van der Waals surface area contributed by atoms with E-state index in [1.807, 2.05) is 6.07 Å². The van der Waals surface area contributed by atoms with Crippen LogP contribution in [-0.4, -0.2) is 9.97 Å². The van der Waals surface area contributed by atoms with Gasteiger partial charge in [0.25, 0.3) is 0 Å². The van der Waals surface area contributed by atoms with E-state index in [9.17, 15) is 0 Å². The first-order valence-corrected chi connectivity index (χ1v) is 2.28. The number of terminal acetylenes is 1. The molecule has 0 radical (unpaired) electrons. The molecule has 0 spiro atoms. The van der Waals surface area contributed by atoms with E-state index in [2.05, 4.69) is 15.9 Å². The third kappa shape index (κ3) is 0.756. The molecule has 1 aromatic rings. The molecule has 42 valence electrons. The minimum atomic E-state index is 0.275. The van der Waals surface area contributed by atoms with E-state index in [0.717, 1.165) is 0 Å². The molecule has 0 amide bonds. The van der Waals surface area contributed by atoms with Crippen molar-refractivity contribution in [3.8, 4) is 18.4 Å². The van der Waals surface area contributed by atoms with Gasteiger partial charge in [-0.25, -0.2) is 4.98 Å². The zero-order valence-corrected chi connectivity index (χ0v) is 4.55. The molecule has 1 N–H and O–H groups in total. The summed E-state index contributed by atoms with van der Waals surface area (Å²) in [5, 5.41) is 8.31. The number of rotatable bonds is 0. The van der Waals surface area contributed by atoms with Crippen molar-refractivity contribution in [2.75, 3.05) is 0 Å². The maximum Gasteiger partial charge on any atom is 0.174 e. The number of nitrogens with one attached hydrogen (secondary N) is 1. The predicted molar refractivity (Wildman–Crippen MR) is 31.2 cm³/mol. The maximum absolute atomic E-state index is 8.31. The quantitative estimate of drug-likeness (QED) is 0.495. The van der Waals surface area contributed by atoms with Crippen LogP contribution < -0.4 is 0 Å². The van der Waals surface area contributed by atoms with Gasteiger partial charge in [-0.3, -0.25) is 0 Å². The Morgan fingerprint density at radius 1 is 1.78 bits per heavy atom. The highest BCUT2D eigenvalue weighted by Crippen LogP contribution is 1.95. The Hall–Kier alpha value is -1.74. The molecule has 1 rings (SSSR count).